The maximum absolute atomic E-state index is 11.5. The van der Waals surface area contributed by atoms with Crippen LogP contribution in [-0.4, -0.2) is 42.3 Å². The Bertz CT molecular complexity index is 464. The molecular weight excluding hydrogens is 246 g/mol. The topological polar surface area (TPSA) is 53.1 Å². The van der Waals surface area contributed by atoms with Gasteiger partial charge < -0.3 is 9.64 Å². The fraction of sp³-hybridized carbons (Fsp3) is 0.385. The first-order chi connectivity index (χ1) is 9.02. The van der Waals surface area contributed by atoms with Crippen LogP contribution in [-0.2, 0) is 9.59 Å². The van der Waals surface area contributed by atoms with Crippen molar-refractivity contribution in [3.8, 4) is 5.75 Å². The Morgan fingerprint density at radius 3 is 1.84 bits per heavy atom. The predicted octanol–water partition coefficient (Wildman–Crippen LogP) is 1.04. The Hall–Kier alpha value is -2.24. The van der Waals surface area contributed by atoms with E-state index in [1.165, 1.54) is 23.9 Å². The van der Waals surface area contributed by atoms with Gasteiger partial charge in [-0.3, -0.25) is 9.59 Å². The van der Waals surface area contributed by atoms with Crippen molar-refractivity contribution in [2.45, 2.75) is 13.8 Å². The number of hydrogen-bond donors (Lipinski definition) is 0. The third kappa shape index (κ3) is 2.62. The van der Waals surface area contributed by atoms with Gasteiger partial charge in [0, 0.05) is 19.5 Å². The van der Waals surface area contributed by atoms with Crippen LogP contribution in [0.15, 0.2) is 24.3 Å². The van der Waals surface area contributed by atoms with Crippen LogP contribution in [0.3, 0.4) is 0 Å². The van der Waals surface area contributed by atoms with E-state index in [-0.39, 0.29) is 11.8 Å². The van der Waals surface area contributed by atoms with Crippen molar-refractivity contribution >= 4 is 17.5 Å². The summed E-state index contributed by atoms with van der Waals surface area (Å²) >= 11 is 0. The molecular formula is C13H17N3O3. The molecule has 1 aliphatic heterocycles. The van der Waals surface area contributed by atoms with Gasteiger partial charge in [0.05, 0.1) is 7.11 Å². The maximum Gasteiger partial charge on any atom is 0.239 e. The molecule has 1 aliphatic rings. The van der Waals surface area contributed by atoms with E-state index in [0.717, 1.165) is 11.4 Å². The summed E-state index contributed by atoms with van der Waals surface area (Å²) in [5.41, 5.74) is 0.941. The monoisotopic (exact) mass is 263 g/mol. The highest BCUT2D eigenvalue weighted by atomic mass is 16.5. The summed E-state index contributed by atoms with van der Waals surface area (Å²) in [6.07, 6.45) is 0. The van der Waals surface area contributed by atoms with E-state index in [9.17, 15) is 9.59 Å². The zero-order valence-electron chi connectivity index (χ0n) is 11.3. The molecule has 1 heterocycles. The van der Waals surface area contributed by atoms with Crippen LogP contribution in [0.25, 0.3) is 0 Å². The average Bonchev–Trinajstić information content (AvgIpc) is 2.84. The number of carbonyl (C=O) groups is 2. The van der Waals surface area contributed by atoms with Crippen molar-refractivity contribution in [2.75, 3.05) is 25.3 Å². The Balaban J connectivity index is 2.18. The first-order valence-corrected chi connectivity index (χ1v) is 5.98. The summed E-state index contributed by atoms with van der Waals surface area (Å²) in [7, 11) is 1.61. The van der Waals surface area contributed by atoms with Crippen molar-refractivity contribution in [1.82, 2.24) is 10.0 Å². The summed E-state index contributed by atoms with van der Waals surface area (Å²) in [5.74, 6) is 0.479. The molecule has 1 aromatic rings. The lowest BCUT2D eigenvalue weighted by atomic mass is 10.3. The molecule has 2 amide bonds. The standard InChI is InChI=1S/C13H17N3O3/c1-10(17)15-8-14(9-16(15)11(2)18)12-4-6-13(19-3)7-5-12/h4-7H,8-9H2,1-3H3. The number of amides is 2. The second kappa shape index (κ2) is 5.17. The molecule has 6 nitrogen and oxygen atoms in total. The van der Waals surface area contributed by atoms with Gasteiger partial charge in [0.1, 0.15) is 19.1 Å². The van der Waals surface area contributed by atoms with E-state index in [4.69, 9.17) is 4.74 Å². The van der Waals surface area contributed by atoms with Gasteiger partial charge in [-0.15, -0.1) is 0 Å². The third-order valence-electron chi connectivity index (χ3n) is 3.07. The minimum atomic E-state index is -0.147. The maximum atomic E-state index is 11.5. The van der Waals surface area contributed by atoms with Crippen molar-refractivity contribution in [3.63, 3.8) is 0 Å². The largest absolute Gasteiger partial charge is 0.497 e. The quantitative estimate of drug-likeness (QED) is 0.800. The molecule has 0 aromatic heterocycles. The molecule has 1 aromatic carbocycles. The number of anilines is 1. The summed E-state index contributed by atoms with van der Waals surface area (Å²) < 4.78 is 5.10. The van der Waals surface area contributed by atoms with Crippen LogP contribution in [0.4, 0.5) is 5.69 Å². The summed E-state index contributed by atoms with van der Waals surface area (Å²) in [6, 6.07) is 7.51. The molecule has 1 saturated heterocycles. The Morgan fingerprint density at radius 2 is 1.47 bits per heavy atom. The smallest absolute Gasteiger partial charge is 0.239 e. The summed E-state index contributed by atoms with van der Waals surface area (Å²) in [6.45, 7) is 3.66. The van der Waals surface area contributed by atoms with Crippen LogP contribution in [0.5, 0.6) is 5.75 Å². The van der Waals surface area contributed by atoms with E-state index < -0.39 is 0 Å². The van der Waals surface area contributed by atoms with Gasteiger partial charge in [0.2, 0.25) is 11.8 Å². The second-order valence-corrected chi connectivity index (χ2v) is 4.36. The van der Waals surface area contributed by atoms with E-state index >= 15 is 0 Å². The van der Waals surface area contributed by atoms with Crippen molar-refractivity contribution in [1.29, 1.82) is 0 Å². The van der Waals surface area contributed by atoms with Crippen LogP contribution >= 0.6 is 0 Å². The zero-order valence-corrected chi connectivity index (χ0v) is 11.3. The molecule has 0 saturated carbocycles. The van der Waals surface area contributed by atoms with Gasteiger partial charge >= 0.3 is 0 Å². The molecule has 6 heteroatoms. The molecule has 0 radical (unpaired) electrons. The molecule has 102 valence electrons. The first-order valence-electron chi connectivity index (χ1n) is 5.98. The van der Waals surface area contributed by atoms with Gasteiger partial charge in [0.25, 0.3) is 0 Å². The fourth-order valence-corrected chi connectivity index (χ4v) is 2.02. The van der Waals surface area contributed by atoms with Gasteiger partial charge in [-0.05, 0) is 24.3 Å². The van der Waals surface area contributed by atoms with Crippen LogP contribution in [0.1, 0.15) is 13.8 Å². The van der Waals surface area contributed by atoms with Gasteiger partial charge in [-0.1, -0.05) is 0 Å². The van der Waals surface area contributed by atoms with Crippen LogP contribution < -0.4 is 9.64 Å². The Labute approximate surface area is 112 Å². The molecule has 0 aliphatic carbocycles. The molecule has 0 N–H and O–H groups in total. The number of rotatable bonds is 2. The SMILES string of the molecule is COc1ccc(N2CN(C(C)=O)N(C(C)=O)C2)cc1. The molecule has 2 rings (SSSR count). The number of methoxy groups -OCH3 is 1. The third-order valence-corrected chi connectivity index (χ3v) is 3.07. The van der Waals surface area contributed by atoms with Crippen LogP contribution in [0.2, 0.25) is 0 Å². The number of carbonyl (C=O) groups excluding carboxylic acids is 2. The summed E-state index contributed by atoms with van der Waals surface area (Å²) in [5, 5.41) is 2.87. The van der Waals surface area contributed by atoms with Gasteiger partial charge in [-0.2, -0.15) is 0 Å². The second-order valence-electron chi connectivity index (χ2n) is 4.36. The number of benzene rings is 1. The van der Waals surface area contributed by atoms with E-state index in [2.05, 4.69) is 0 Å². The minimum absolute atomic E-state index is 0.147. The van der Waals surface area contributed by atoms with Crippen LogP contribution in [0, 0.1) is 0 Å². The Kier molecular flexibility index (Phi) is 3.59. The lowest BCUT2D eigenvalue weighted by Gasteiger charge is -2.22. The number of hydrazine groups is 1. The molecule has 0 atom stereocenters. The zero-order chi connectivity index (χ0) is 14.0. The van der Waals surface area contributed by atoms with Crippen molar-refractivity contribution in [2.24, 2.45) is 0 Å². The highest BCUT2D eigenvalue weighted by Crippen LogP contribution is 2.23. The molecule has 0 unspecified atom stereocenters. The first kappa shape index (κ1) is 13.2. The molecule has 19 heavy (non-hydrogen) atoms. The molecule has 1 fully saturated rings. The molecule has 0 bridgehead atoms. The van der Waals surface area contributed by atoms with Crippen molar-refractivity contribution in [3.05, 3.63) is 24.3 Å². The van der Waals surface area contributed by atoms with E-state index in [1.807, 2.05) is 29.2 Å². The lowest BCUT2D eigenvalue weighted by Crippen LogP contribution is -2.42. The number of nitrogens with zero attached hydrogens (tertiary/aromatic N) is 3. The van der Waals surface area contributed by atoms with E-state index in [0.29, 0.717) is 13.3 Å². The number of ether oxygens (including phenoxy) is 1. The summed E-state index contributed by atoms with van der Waals surface area (Å²) in [4.78, 5) is 25.0. The lowest BCUT2D eigenvalue weighted by molar-refractivity contribution is -0.154. The van der Waals surface area contributed by atoms with Gasteiger partial charge in [0.15, 0.2) is 0 Å². The highest BCUT2D eigenvalue weighted by molar-refractivity contribution is 5.81. The van der Waals surface area contributed by atoms with Crippen molar-refractivity contribution < 1.29 is 14.3 Å². The Morgan fingerprint density at radius 1 is 1.00 bits per heavy atom. The van der Waals surface area contributed by atoms with E-state index in [1.54, 1.807) is 7.11 Å². The predicted molar refractivity (Wildman–Crippen MR) is 70.2 cm³/mol. The minimum Gasteiger partial charge on any atom is -0.497 e. The average molecular weight is 263 g/mol. The normalized spacial score (nSPS) is 14.8. The van der Waals surface area contributed by atoms with Gasteiger partial charge in [-0.25, -0.2) is 10.0 Å². The highest BCUT2D eigenvalue weighted by Gasteiger charge is 2.31. The molecule has 0 spiro atoms. The fourth-order valence-electron chi connectivity index (χ4n) is 2.02. The number of hydrogen-bond acceptors (Lipinski definition) is 4.